The molecule has 2 aliphatic rings. The first-order valence-corrected chi connectivity index (χ1v) is 11.3. The highest BCUT2D eigenvalue weighted by atomic mass is 19.1. The first kappa shape index (κ1) is 21.9. The van der Waals surface area contributed by atoms with Crippen molar-refractivity contribution >= 4 is 17.4 Å². The fourth-order valence-electron chi connectivity index (χ4n) is 4.68. The second kappa shape index (κ2) is 8.78. The molecule has 0 aromatic heterocycles. The lowest BCUT2D eigenvalue weighted by atomic mass is 9.93. The van der Waals surface area contributed by atoms with Gasteiger partial charge in [-0.1, -0.05) is 42.0 Å². The number of likely N-dealkylation sites (tertiary alicyclic amines) is 1. The monoisotopic (exact) mass is 457 g/mol. The number of carbonyl (C=O) groups is 2. The second-order valence-corrected chi connectivity index (χ2v) is 8.74. The van der Waals surface area contributed by atoms with Gasteiger partial charge in [0.15, 0.2) is 0 Å². The summed E-state index contributed by atoms with van der Waals surface area (Å²) in [5.74, 6) is -1.24. The summed E-state index contributed by atoms with van der Waals surface area (Å²) in [7, 11) is 0. The van der Waals surface area contributed by atoms with E-state index in [1.807, 2.05) is 37.3 Å². The molecule has 1 fully saturated rings. The number of carbonyl (C=O) groups excluding carboxylic acids is 2. The number of ketones is 1. The summed E-state index contributed by atoms with van der Waals surface area (Å²) in [6, 6.07) is 17.9. The Kier molecular flexibility index (Phi) is 5.65. The predicted octanol–water partition coefficient (Wildman–Crippen LogP) is 5.08. The van der Waals surface area contributed by atoms with Gasteiger partial charge in [-0.05, 0) is 66.8 Å². The number of hydrogen-bond donors (Lipinski definition) is 1. The minimum absolute atomic E-state index is 0.0504. The molecule has 2 heterocycles. The number of hydrogen-bond acceptors (Lipinski definition) is 4. The van der Waals surface area contributed by atoms with Gasteiger partial charge in [0.1, 0.15) is 17.3 Å². The summed E-state index contributed by atoms with van der Waals surface area (Å²) in [4.78, 5) is 27.8. The Bertz CT molecular complexity index is 1310. The average Bonchev–Trinajstić information content (AvgIpc) is 3.09. The van der Waals surface area contributed by atoms with Crippen LogP contribution >= 0.6 is 0 Å². The molecule has 0 spiro atoms. The van der Waals surface area contributed by atoms with Gasteiger partial charge < -0.3 is 14.7 Å². The van der Waals surface area contributed by atoms with Gasteiger partial charge in [-0.15, -0.1) is 0 Å². The largest absolute Gasteiger partial charge is 0.507 e. The van der Waals surface area contributed by atoms with Crippen LogP contribution in [-0.4, -0.2) is 28.3 Å². The Labute approximate surface area is 197 Å². The van der Waals surface area contributed by atoms with E-state index >= 15 is 0 Å². The molecule has 3 aromatic carbocycles. The number of aliphatic hydroxyl groups excluding tert-OH is 1. The molecule has 1 unspecified atom stereocenters. The molecular formula is C28H24FNO4. The predicted molar refractivity (Wildman–Crippen MR) is 126 cm³/mol. The highest BCUT2D eigenvalue weighted by molar-refractivity contribution is 6.46. The van der Waals surface area contributed by atoms with Crippen LogP contribution in [-0.2, 0) is 22.6 Å². The number of ether oxygens (including phenoxy) is 1. The maximum Gasteiger partial charge on any atom is 0.295 e. The van der Waals surface area contributed by atoms with Crippen molar-refractivity contribution in [3.8, 4) is 5.75 Å². The molecule has 5 rings (SSSR count). The van der Waals surface area contributed by atoms with Crippen LogP contribution in [0.5, 0.6) is 5.75 Å². The van der Waals surface area contributed by atoms with Gasteiger partial charge in [-0.3, -0.25) is 9.59 Å². The lowest BCUT2D eigenvalue weighted by Crippen LogP contribution is -2.29. The van der Waals surface area contributed by atoms with Crippen molar-refractivity contribution in [3.63, 3.8) is 0 Å². The average molecular weight is 458 g/mol. The van der Waals surface area contributed by atoms with Crippen molar-refractivity contribution < 1.29 is 23.8 Å². The number of aliphatic hydroxyl groups is 1. The van der Waals surface area contributed by atoms with Crippen LogP contribution in [0.4, 0.5) is 4.39 Å². The minimum atomic E-state index is -0.766. The number of Topliss-reactive ketones (excluding diaryl/α,β-unsaturated/α-hetero) is 1. The summed E-state index contributed by atoms with van der Waals surface area (Å²) in [5, 5.41) is 11.3. The van der Waals surface area contributed by atoms with Crippen molar-refractivity contribution in [2.24, 2.45) is 0 Å². The van der Waals surface area contributed by atoms with E-state index < -0.39 is 17.7 Å². The lowest BCUT2D eigenvalue weighted by molar-refractivity contribution is -0.140. The third-order valence-electron chi connectivity index (χ3n) is 6.35. The molecule has 5 nitrogen and oxygen atoms in total. The van der Waals surface area contributed by atoms with Crippen molar-refractivity contribution in [2.75, 3.05) is 6.61 Å². The molecule has 6 heteroatoms. The summed E-state index contributed by atoms with van der Waals surface area (Å²) in [6.07, 6.45) is 1.69. The smallest absolute Gasteiger partial charge is 0.295 e. The SMILES string of the molecule is Cc1cccc(C2/C(=C(/O)c3ccc4c(c3)CCCO4)C(=O)C(=O)N2Cc2ccc(F)cc2)c1. The van der Waals surface area contributed by atoms with E-state index in [1.165, 1.54) is 17.0 Å². The number of fused-ring (bicyclic) bond motifs is 1. The molecule has 2 aliphatic heterocycles. The van der Waals surface area contributed by atoms with Gasteiger partial charge >= 0.3 is 0 Å². The molecule has 3 aromatic rings. The number of benzene rings is 3. The summed E-state index contributed by atoms with van der Waals surface area (Å²) < 4.78 is 19.1. The van der Waals surface area contributed by atoms with Gasteiger partial charge in [0.05, 0.1) is 18.2 Å². The minimum Gasteiger partial charge on any atom is -0.507 e. The summed E-state index contributed by atoms with van der Waals surface area (Å²) in [6.45, 7) is 2.69. The normalized spacial score (nSPS) is 19.1. The van der Waals surface area contributed by atoms with Crippen molar-refractivity contribution in [1.82, 2.24) is 4.90 Å². The Balaban J connectivity index is 1.63. The van der Waals surface area contributed by atoms with E-state index in [-0.39, 0.29) is 23.7 Å². The van der Waals surface area contributed by atoms with Gasteiger partial charge in [-0.2, -0.15) is 0 Å². The van der Waals surface area contributed by atoms with Crippen LogP contribution < -0.4 is 4.74 Å². The summed E-state index contributed by atoms with van der Waals surface area (Å²) in [5.41, 5.74) is 3.87. The molecule has 1 amide bonds. The zero-order valence-corrected chi connectivity index (χ0v) is 18.8. The molecule has 172 valence electrons. The first-order chi connectivity index (χ1) is 16.4. The topological polar surface area (TPSA) is 66.8 Å². The number of rotatable bonds is 4. The third kappa shape index (κ3) is 3.96. The molecule has 34 heavy (non-hydrogen) atoms. The van der Waals surface area contributed by atoms with Crippen LogP contribution in [0.2, 0.25) is 0 Å². The molecule has 1 atom stereocenters. The quantitative estimate of drug-likeness (QED) is 0.337. The maximum atomic E-state index is 13.4. The fraction of sp³-hybridized carbons (Fsp3) is 0.214. The van der Waals surface area contributed by atoms with Crippen LogP contribution in [0, 0.1) is 12.7 Å². The van der Waals surface area contributed by atoms with E-state index in [9.17, 15) is 19.1 Å². The standard InChI is InChI=1S/C28H24FNO4/c1-17-4-2-5-20(14-17)25-24(26(31)21-9-12-23-19(15-21)6-3-13-34-23)27(32)28(33)30(25)16-18-7-10-22(29)11-8-18/h2,4-5,7-12,14-15,25,31H,3,6,13,16H2,1H3/b26-24-. The molecule has 0 saturated carbocycles. The zero-order valence-electron chi connectivity index (χ0n) is 18.8. The summed E-state index contributed by atoms with van der Waals surface area (Å²) >= 11 is 0. The maximum absolute atomic E-state index is 13.4. The highest BCUT2D eigenvalue weighted by Crippen LogP contribution is 2.41. The van der Waals surface area contributed by atoms with E-state index in [4.69, 9.17) is 4.74 Å². The molecule has 0 radical (unpaired) electrons. The van der Waals surface area contributed by atoms with Crippen LogP contribution in [0.25, 0.3) is 5.76 Å². The number of aryl methyl sites for hydroxylation is 2. The number of amides is 1. The van der Waals surface area contributed by atoms with Gasteiger partial charge in [0.2, 0.25) is 0 Å². The third-order valence-corrected chi connectivity index (χ3v) is 6.35. The van der Waals surface area contributed by atoms with E-state index in [0.29, 0.717) is 17.7 Å². The molecule has 0 aliphatic carbocycles. The van der Waals surface area contributed by atoms with Crippen molar-refractivity contribution in [2.45, 2.75) is 32.4 Å². The van der Waals surface area contributed by atoms with Crippen LogP contribution in [0.3, 0.4) is 0 Å². The van der Waals surface area contributed by atoms with Gasteiger partial charge in [0, 0.05) is 12.1 Å². The Hall–Kier alpha value is -3.93. The number of halogens is 1. The van der Waals surface area contributed by atoms with Gasteiger partial charge in [0.25, 0.3) is 11.7 Å². The molecule has 0 bridgehead atoms. The molecular weight excluding hydrogens is 433 g/mol. The first-order valence-electron chi connectivity index (χ1n) is 11.3. The van der Waals surface area contributed by atoms with Gasteiger partial charge in [-0.25, -0.2) is 4.39 Å². The highest BCUT2D eigenvalue weighted by Gasteiger charge is 2.46. The van der Waals surface area contributed by atoms with Crippen LogP contribution in [0.15, 0.2) is 72.3 Å². The Morgan fingerprint density at radius 2 is 1.88 bits per heavy atom. The van der Waals surface area contributed by atoms with E-state index in [2.05, 4.69) is 0 Å². The lowest BCUT2D eigenvalue weighted by Gasteiger charge is -2.26. The number of nitrogens with zero attached hydrogens (tertiary/aromatic N) is 1. The second-order valence-electron chi connectivity index (χ2n) is 8.74. The van der Waals surface area contributed by atoms with Crippen molar-refractivity contribution in [3.05, 3.63) is 106 Å². The zero-order chi connectivity index (χ0) is 23.8. The van der Waals surface area contributed by atoms with Crippen molar-refractivity contribution in [1.29, 1.82) is 0 Å². The fourth-order valence-corrected chi connectivity index (χ4v) is 4.68. The van der Waals surface area contributed by atoms with Crippen LogP contribution in [0.1, 0.15) is 40.3 Å². The molecule has 1 saturated heterocycles. The molecule has 1 N–H and O–H groups in total. The van der Waals surface area contributed by atoms with E-state index in [0.717, 1.165) is 35.3 Å². The Morgan fingerprint density at radius 3 is 2.65 bits per heavy atom. The van der Waals surface area contributed by atoms with E-state index in [1.54, 1.807) is 24.3 Å². The Morgan fingerprint density at radius 1 is 1.09 bits per heavy atom.